The van der Waals surface area contributed by atoms with Crippen molar-refractivity contribution in [1.29, 1.82) is 0 Å². The SMILES string of the molecule is NC(=O)Cn1ccnc1-c1ccccc1I. The van der Waals surface area contributed by atoms with E-state index in [0.29, 0.717) is 0 Å². The van der Waals surface area contributed by atoms with Crippen molar-refractivity contribution in [3.63, 3.8) is 0 Å². The predicted molar refractivity (Wildman–Crippen MR) is 69.6 cm³/mol. The van der Waals surface area contributed by atoms with Gasteiger partial charge >= 0.3 is 0 Å². The fourth-order valence-corrected chi connectivity index (χ4v) is 2.12. The standard InChI is InChI=1S/C11H10IN3O/c12-9-4-2-1-3-8(9)11-14-5-6-15(11)7-10(13)16/h1-6H,7H2,(H2,13,16). The fraction of sp³-hybridized carbons (Fsp3) is 0.0909. The number of carbonyl (C=O) groups excluding carboxylic acids is 1. The lowest BCUT2D eigenvalue weighted by atomic mass is 10.2. The molecule has 5 heteroatoms. The van der Waals surface area contributed by atoms with Crippen molar-refractivity contribution in [3.8, 4) is 11.4 Å². The highest BCUT2D eigenvalue weighted by atomic mass is 127. The van der Waals surface area contributed by atoms with Gasteiger partial charge in [-0.3, -0.25) is 4.79 Å². The van der Waals surface area contributed by atoms with Crippen LogP contribution >= 0.6 is 22.6 Å². The lowest BCUT2D eigenvalue weighted by molar-refractivity contribution is -0.118. The van der Waals surface area contributed by atoms with Crippen LogP contribution in [0.4, 0.5) is 0 Å². The lowest BCUT2D eigenvalue weighted by Gasteiger charge is -2.06. The van der Waals surface area contributed by atoms with Gasteiger partial charge in [0.1, 0.15) is 12.4 Å². The van der Waals surface area contributed by atoms with Crippen molar-refractivity contribution >= 4 is 28.5 Å². The van der Waals surface area contributed by atoms with Gasteiger partial charge < -0.3 is 10.3 Å². The molecule has 2 N–H and O–H groups in total. The van der Waals surface area contributed by atoms with Crippen LogP contribution in [-0.4, -0.2) is 15.5 Å². The number of hydrogen-bond donors (Lipinski definition) is 1. The van der Waals surface area contributed by atoms with Gasteiger partial charge in [0.2, 0.25) is 5.91 Å². The first-order valence-electron chi connectivity index (χ1n) is 4.73. The molecule has 0 fully saturated rings. The van der Waals surface area contributed by atoms with E-state index in [1.807, 2.05) is 24.3 Å². The summed E-state index contributed by atoms with van der Waals surface area (Å²) in [6.45, 7) is 0.153. The first kappa shape index (κ1) is 11.1. The van der Waals surface area contributed by atoms with Crippen LogP contribution in [0.5, 0.6) is 0 Å². The van der Waals surface area contributed by atoms with Crippen molar-refractivity contribution in [2.45, 2.75) is 6.54 Å². The number of benzene rings is 1. The molecule has 0 spiro atoms. The summed E-state index contributed by atoms with van der Waals surface area (Å²) in [6, 6.07) is 7.88. The van der Waals surface area contributed by atoms with Gasteiger partial charge in [0.05, 0.1) is 0 Å². The van der Waals surface area contributed by atoms with Gasteiger partial charge in [0.15, 0.2) is 0 Å². The Bertz CT molecular complexity index is 521. The van der Waals surface area contributed by atoms with Gasteiger partial charge in [-0.25, -0.2) is 4.98 Å². The number of carbonyl (C=O) groups is 1. The van der Waals surface area contributed by atoms with Crippen molar-refractivity contribution < 1.29 is 4.79 Å². The summed E-state index contributed by atoms with van der Waals surface area (Å²) in [7, 11) is 0. The minimum absolute atomic E-state index is 0.153. The van der Waals surface area contributed by atoms with Crippen LogP contribution in [0.1, 0.15) is 0 Å². The number of primary amides is 1. The van der Waals surface area contributed by atoms with E-state index in [-0.39, 0.29) is 12.5 Å². The predicted octanol–water partition coefficient (Wildman–Crippen LogP) is 1.64. The second kappa shape index (κ2) is 4.65. The minimum atomic E-state index is -0.370. The number of aromatic nitrogens is 2. The molecule has 0 aliphatic heterocycles. The van der Waals surface area contributed by atoms with E-state index in [2.05, 4.69) is 27.6 Å². The summed E-state index contributed by atoms with van der Waals surface area (Å²) in [5.74, 6) is 0.397. The third-order valence-electron chi connectivity index (χ3n) is 2.16. The molecule has 1 heterocycles. The topological polar surface area (TPSA) is 60.9 Å². The Morgan fingerprint density at radius 3 is 2.88 bits per heavy atom. The molecular formula is C11H10IN3O. The molecule has 1 aromatic heterocycles. The number of hydrogen-bond acceptors (Lipinski definition) is 2. The summed E-state index contributed by atoms with van der Waals surface area (Å²) in [5.41, 5.74) is 6.19. The number of imidazole rings is 1. The molecule has 0 unspecified atom stereocenters. The van der Waals surface area contributed by atoms with E-state index in [4.69, 9.17) is 5.73 Å². The molecule has 0 atom stereocenters. The maximum absolute atomic E-state index is 10.9. The summed E-state index contributed by atoms with van der Waals surface area (Å²) in [5, 5.41) is 0. The Morgan fingerprint density at radius 1 is 1.44 bits per heavy atom. The molecule has 82 valence electrons. The van der Waals surface area contributed by atoms with E-state index < -0.39 is 0 Å². The Labute approximate surface area is 107 Å². The Kier molecular flexibility index (Phi) is 3.23. The number of nitrogens with zero attached hydrogens (tertiary/aromatic N) is 2. The van der Waals surface area contributed by atoms with Crippen LogP contribution in [0.3, 0.4) is 0 Å². The van der Waals surface area contributed by atoms with Crippen molar-refractivity contribution in [2.75, 3.05) is 0 Å². The van der Waals surface area contributed by atoms with Crippen LogP contribution in [0.15, 0.2) is 36.7 Å². The maximum atomic E-state index is 10.9. The van der Waals surface area contributed by atoms with E-state index in [9.17, 15) is 4.79 Å². The van der Waals surface area contributed by atoms with Crippen LogP contribution < -0.4 is 5.73 Å². The fourth-order valence-electron chi connectivity index (χ4n) is 1.49. The van der Waals surface area contributed by atoms with Crippen LogP contribution in [-0.2, 0) is 11.3 Å². The summed E-state index contributed by atoms with van der Waals surface area (Å²) in [6.07, 6.45) is 3.42. The van der Waals surface area contributed by atoms with Gasteiger partial charge in [-0.1, -0.05) is 18.2 Å². The zero-order chi connectivity index (χ0) is 11.5. The highest BCUT2D eigenvalue weighted by molar-refractivity contribution is 14.1. The summed E-state index contributed by atoms with van der Waals surface area (Å²) in [4.78, 5) is 15.2. The summed E-state index contributed by atoms with van der Waals surface area (Å²) >= 11 is 2.24. The molecule has 0 aliphatic rings. The van der Waals surface area contributed by atoms with Crippen molar-refractivity contribution in [3.05, 3.63) is 40.2 Å². The maximum Gasteiger partial charge on any atom is 0.237 e. The Morgan fingerprint density at radius 2 is 2.19 bits per heavy atom. The molecule has 16 heavy (non-hydrogen) atoms. The van der Waals surface area contributed by atoms with Gasteiger partial charge in [-0.15, -0.1) is 0 Å². The van der Waals surface area contributed by atoms with Crippen LogP contribution in [0.25, 0.3) is 11.4 Å². The smallest absolute Gasteiger partial charge is 0.237 e. The van der Waals surface area contributed by atoms with E-state index in [1.165, 1.54) is 0 Å². The monoisotopic (exact) mass is 327 g/mol. The molecule has 2 rings (SSSR count). The molecule has 4 nitrogen and oxygen atoms in total. The second-order valence-corrected chi connectivity index (χ2v) is 4.49. The van der Waals surface area contributed by atoms with Crippen LogP contribution in [0, 0.1) is 3.57 Å². The molecule has 2 aromatic rings. The van der Waals surface area contributed by atoms with Gasteiger partial charge in [0, 0.05) is 21.5 Å². The first-order valence-corrected chi connectivity index (χ1v) is 5.80. The largest absolute Gasteiger partial charge is 0.368 e. The van der Waals surface area contributed by atoms with Gasteiger partial charge in [-0.05, 0) is 28.7 Å². The molecule has 1 amide bonds. The average molecular weight is 327 g/mol. The lowest BCUT2D eigenvalue weighted by Crippen LogP contribution is -2.18. The van der Waals surface area contributed by atoms with Gasteiger partial charge in [-0.2, -0.15) is 0 Å². The number of nitrogens with two attached hydrogens (primary N) is 1. The second-order valence-electron chi connectivity index (χ2n) is 3.32. The molecule has 0 aliphatic carbocycles. The number of halogens is 1. The molecular weight excluding hydrogens is 317 g/mol. The van der Waals surface area contributed by atoms with E-state index >= 15 is 0 Å². The highest BCUT2D eigenvalue weighted by Gasteiger charge is 2.09. The number of rotatable bonds is 3. The highest BCUT2D eigenvalue weighted by Crippen LogP contribution is 2.23. The third kappa shape index (κ3) is 2.24. The molecule has 0 bridgehead atoms. The third-order valence-corrected chi connectivity index (χ3v) is 3.10. The number of amides is 1. The zero-order valence-electron chi connectivity index (χ0n) is 8.43. The van der Waals surface area contributed by atoms with E-state index in [0.717, 1.165) is 15.0 Å². The molecule has 1 aromatic carbocycles. The average Bonchev–Trinajstić information content (AvgIpc) is 2.66. The Hall–Kier alpha value is -1.37. The van der Waals surface area contributed by atoms with Crippen LogP contribution in [0.2, 0.25) is 0 Å². The van der Waals surface area contributed by atoms with Crippen molar-refractivity contribution in [1.82, 2.24) is 9.55 Å². The minimum Gasteiger partial charge on any atom is -0.368 e. The Balaban J connectivity index is 2.45. The van der Waals surface area contributed by atoms with Gasteiger partial charge in [0.25, 0.3) is 0 Å². The van der Waals surface area contributed by atoms with E-state index in [1.54, 1.807) is 17.0 Å². The first-order chi connectivity index (χ1) is 7.68. The van der Waals surface area contributed by atoms with Crippen molar-refractivity contribution in [2.24, 2.45) is 5.73 Å². The zero-order valence-corrected chi connectivity index (χ0v) is 10.6. The quantitative estimate of drug-likeness (QED) is 0.872. The molecule has 0 saturated heterocycles. The normalized spacial score (nSPS) is 10.3. The summed E-state index contributed by atoms with van der Waals surface area (Å²) < 4.78 is 2.84. The molecule has 0 saturated carbocycles. The molecule has 0 radical (unpaired) electrons.